The van der Waals surface area contributed by atoms with Gasteiger partial charge in [-0.2, -0.15) is 0 Å². The summed E-state index contributed by atoms with van der Waals surface area (Å²) in [5.41, 5.74) is 4.07. The third-order valence-corrected chi connectivity index (χ3v) is 4.90. The highest BCUT2D eigenvalue weighted by atomic mass is 16.5. The van der Waals surface area contributed by atoms with Gasteiger partial charge in [0.15, 0.2) is 0 Å². The van der Waals surface area contributed by atoms with Crippen LogP contribution in [0.5, 0.6) is 5.75 Å². The molecule has 4 rings (SSSR count). The van der Waals surface area contributed by atoms with Gasteiger partial charge in [0.2, 0.25) is 0 Å². The predicted octanol–water partition coefficient (Wildman–Crippen LogP) is 3.88. The quantitative estimate of drug-likeness (QED) is 0.724. The third-order valence-electron chi connectivity index (χ3n) is 4.90. The SMILES string of the molecule is COc1cccc2c1CCN(C(=O)c1ccncc1)C2c1ccccc1. The van der Waals surface area contributed by atoms with E-state index in [9.17, 15) is 4.79 Å². The molecule has 4 heteroatoms. The lowest BCUT2D eigenvalue weighted by molar-refractivity contribution is 0.0693. The molecule has 4 nitrogen and oxygen atoms in total. The van der Waals surface area contributed by atoms with Gasteiger partial charge in [-0.05, 0) is 35.7 Å². The highest BCUT2D eigenvalue weighted by molar-refractivity contribution is 5.94. The minimum atomic E-state index is -0.129. The summed E-state index contributed by atoms with van der Waals surface area (Å²) in [5, 5.41) is 0. The normalized spacial score (nSPS) is 16.0. The maximum Gasteiger partial charge on any atom is 0.254 e. The first-order valence-electron chi connectivity index (χ1n) is 8.71. The molecule has 3 aromatic rings. The number of carbonyl (C=O) groups excluding carboxylic acids is 1. The lowest BCUT2D eigenvalue weighted by atomic mass is 9.87. The molecule has 1 aromatic heterocycles. The zero-order chi connectivity index (χ0) is 17.9. The van der Waals surface area contributed by atoms with Crippen LogP contribution in [0.1, 0.15) is 33.1 Å². The summed E-state index contributed by atoms with van der Waals surface area (Å²) in [6.45, 7) is 0.647. The molecule has 0 radical (unpaired) electrons. The molecule has 26 heavy (non-hydrogen) atoms. The van der Waals surface area contributed by atoms with Crippen molar-refractivity contribution in [3.05, 3.63) is 95.3 Å². The number of hydrogen-bond donors (Lipinski definition) is 0. The van der Waals surface area contributed by atoms with Gasteiger partial charge in [0.1, 0.15) is 5.75 Å². The van der Waals surface area contributed by atoms with E-state index in [0.717, 1.165) is 23.3 Å². The van der Waals surface area contributed by atoms with Crippen molar-refractivity contribution in [3.63, 3.8) is 0 Å². The second-order valence-electron chi connectivity index (χ2n) is 6.33. The molecule has 0 saturated heterocycles. The van der Waals surface area contributed by atoms with E-state index in [2.05, 4.69) is 23.2 Å². The maximum atomic E-state index is 13.2. The molecule has 0 fully saturated rings. The molecule has 130 valence electrons. The van der Waals surface area contributed by atoms with Crippen molar-refractivity contribution in [3.8, 4) is 5.75 Å². The predicted molar refractivity (Wildman–Crippen MR) is 100 cm³/mol. The monoisotopic (exact) mass is 344 g/mol. The fraction of sp³-hybridized carbons (Fsp3) is 0.182. The largest absolute Gasteiger partial charge is 0.496 e. The molecule has 1 amide bonds. The minimum absolute atomic E-state index is 0.0229. The summed E-state index contributed by atoms with van der Waals surface area (Å²) >= 11 is 0. The molecular weight excluding hydrogens is 324 g/mol. The van der Waals surface area contributed by atoms with Gasteiger partial charge in [-0.15, -0.1) is 0 Å². The molecule has 2 aromatic carbocycles. The Hall–Kier alpha value is -3.14. The molecule has 1 aliphatic rings. The number of pyridine rings is 1. The fourth-order valence-electron chi connectivity index (χ4n) is 3.70. The van der Waals surface area contributed by atoms with Crippen molar-refractivity contribution in [2.24, 2.45) is 0 Å². The van der Waals surface area contributed by atoms with Crippen LogP contribution in [-0.4, -0.2) is 29.4 Å². The number of fused-ring (bicyclic) bond motifs is 1. The Labute approximate surface area is 153 Å². The smallest absolute Gasteiger partial charge is 0.254 e. The van der Waals surface area contributed by atoms with Crippen molar-refractivity contribution in [1.29, 1.82) is 0 Å². The minimum Gasteiger partial charge on any atom is -0.496 e. The first-order chi connectivity index (χ1) is 12.8. The van der Waals surface area contributed by atoms with E-state index >= 15 is 0 Å². The van der Waals surface area contributed by atoms with Crippen LogP contribution in [0.25, 0.3) is 0 Å². The zero-order valence-electron chi connectivity index (χ0n) is 14.6. The Kier molecular flexibility index (Phi) is 4.40. The second-order valence-corrected chi connectivity index (χ2v) is 6.33. The molecule has 1 aliphatic heterocycles. The number of methoxy groups -OCH3 is 1. The number of hydrogen-bond acceptors (Lipinski definition) is 3. The Balaban J connectivity index is 1.83. The van der Waals surface area contributed by atoms with Crippen LogP contribution < -0.4 is 4.74 Å². The van der Waals surface area contributed by atoms with E-state index in [1.807, 2.05) is 35.2 Å². The Morgan fingerprint density at radius 2 is 1.81 bits per heavy atom. The maximum absolute atomic E-state index is 13.2. The number of rotatable bonds is 3. The van der Waals surface area contributed by atoms with Gasteiger partial charge in [-0.3, -0.25) is 9.78 Å². The van der Waals surface area contributed by atoms with Crippen LogP contribution in [-0.2, 0) is 6.42 Å². The van der Waals surface area contributed by atoms with Crippen LogP contribution in [0.2, 0.25) is 0 Å². The summed E-state index contributed by atoms with van der Waals surface area (Å²) in [7, 11) is 1.70. The first-order valence-corrected chi connectivity index (χ1v) is 8.71. The second kappa shape index (κ2) is 7.00. The molecule has 2 heterocycles. The lowest BCUT2D eigenvalue weighted by Crippen LogP contribution is -2.40. The number of amides is 1. The number of benzene rings is 2. The molecule has 0 aliphatic carbocycles. The van der Waals surface area contributed by atoms with Crippen LogP contribution in [0, 0.1) is 0 Å². The van der Waals surface area contributed by atoms with Crippen LogP contribution in [0.3, 0.4) is 0 Å². The van der Waals surface area contributed by atoms with Crippen molar-refractivity contribution >= 4 is 5.91 Å². The van der Waals surface area contributed by atoms with E-state index in [-0.39, 0.29) is 11.9 Å². The van der Waals surface area contributed by atoms with Gasteiger partial charge in [0.25, 0.3) is 5.91 Å². The summed E-state index contributed by atoms with van der Waals surface area (Å²) in [5.74, 6) is 0.911. The summed E-state index contributed by atoms with van der Waals surface area (Å²) < 4.78 is 5.57. The highest BCUT2D eigenvalue weighted by Gasteiger charge is 2.33. The van der Waals surface area contributed by atoms with Gasteiger partial charge in [0, 0.05) is 30.1 Å². The standard InChI is InChI=1S/C22H20N2O2/c1-26-20-9-5-8-19-18(20)12-15-24(21(19)16-6-3-2-4-7-16)22(25)17-10-13-23-14-11-17/h2-11,13-14,21H,12,15H2,1H3. The molecule has 0 saturated carbocycles. The molecule has 1 atom stereocenters. The van der Waals surface area contributed by atoms with Gasteiger partial charge in [-0.25, -0.2) is 0 Å². The Morgan fingerprint density at radius 1 is 1.04 bits per heavy atom. The van der Waals surface area contributed by atoms with Gasteiger partial charge >= 0.3 is 0 Å². The summed E-state index contributed by atoms with van der Waals surface area (Å²) in [6.07, 6.45) is 4.09. The fourth-order valence-corrected chi connectivity index (χ4v) is 3.70. The average molecular weight is 344 g/mol. The molecule has 0 N–H and O–H groups in total. The Morgan fingerprint density at radius 3 is 2.54 bits per heavy atom. The first kappa shape index (κ1) is 16.3. The van der Waals surface area contributed by atoms with Crippen LogP contribution in [0.15, 0.2) is 73.1 Å². The highest BCUT2D eigenvalue weighted by Crippen LogP contribution is 2.39. The van der Waals surface area contributed by atoms with Crippen molar-refractivity contribution in [2.75, 3.05) is 13.7 Å². The van der Waals surface area contributed by atoms with E-state index in [4.69, 9.17) is 4.74 Å². The van der Waals surface area contributed by atoms with Gasteiger partial charge < -0.3 is 9.64 Å². The zero-order valence-corrected chi connectivity index (χ0v) is 14.6. The van der Waals surface area contributed by atoms with Crippen molar-refractivity contribution in [2.45, 2.75) is 12.5 Å². The topological polar surface area (TPSA) is 42.4 Å². The Bertz CT molecular complexity index is 910. The number of aromatic nitrogens is 1. The number of nitrogens with zero attached hydrogens (tertiary/aromatic N) is 2. The van der Waals surface area contributed by atoms with E-state index < -0.39 is 0 Å². The summed E-state index contributed by atoms with van der Waals surface area (Å²) in [4.78, 5) is 19.2. The number of ether oxygens (including phenoxy) is 1. The van der Waals surface area contributed by atoms with Crippen LogP contribution >= 0.6 is 0 Å². The molecule has 0 bridgehead atoms. The number of carbonyl (C=O) groups is 1. The van der Waals surface area contributed by atoms with E-state index in [1.54, 1.807) is 31.6 Å². The average Bonchev–Trinajstić information content (AvgIpc) is 2.73. The van der Waals surface area contributed by atoms with Crippen LogP contribution in [0.4, 0.5) is 0 Å². The third kappa shape index (κ3) is 2.84. The lowest BCUT2D eigenvalue weighted by Gasteiger charge is -2.38. The molecular formula is C22H20N2O2. The van der Waals surface area contributed by atoms with Crippen molar-refractivity contribution < 1.29 is 9.53 Å². The summed E-state index contributed by atoms with van der Waals surface area (Å²) in [6, 6.07) is 19.7. The van der Waals surface area contributed by atoms with Gasteiger partial charge in [0.05, 0.1) is 13.2 Å². The van der Waals surface area contributed by atoms with Crippen molar-refractivity contribution in [1.82, 2.24) is 9.88 Å². The molecule has 0 spiro atoms. The molecule has 1 unspecified atom stereocenters. The van der Waals surface area contributed by atoms with E-state index in [1.165, 1.54) is 5.56 Å². The van der Waals surface area contributed by atoms with E-state index in [0.29, 0.717) is 12.1 Å². The van der Waals surface area contributed by atoms with Gasteiger partial charge in [-0.1, -0.05) is 42.5 Å².